The number of rotatable bonds is 7. The Hall–Kier alpha value is -1.68. The molecular formula is C22H26BrNO2. The largest absolute Gasteiger partial charge is 0.478 e. The summed E-state index contributed by atoms with van der Waals surface area (Å²) in [4.78, 5) is 16.7. The number of hydrogen-bond acceptors (Lipinski definition) is 2. The van der Waals surface area contributed by atoms with Gasteiger partial charge in [-0.05, 0) is 48.9 Å². The Morgan fingerprint density at radius 1 is 1.15 bits per heavy atom. The van der Waals surface area contributed by atoms with Gasteiger partial charge in [-0.25, -0.2) is 4.79 Å². The number of aromatic nitrogens is 1. The van der Waals surface area contributed by atoms with Crippen LogP contribution in [0.15, 0.2) is 34.8 Å². The van der Waals surface area contributed by atoms with Gasteiger partial charge >= 0.3 is 5.97 Å². The van der Waals surface area contributed by atoms with Crippen LogP contribution in [0.5, 0.6) is 0 Å². The first-order valence-corrected chi connectivity index (χ1v) is 10.4. The van der Waals surface area contributed by atoms with Crippen molar-refractivity contribution in [3.8, 4) is 11.1 Å². The lowest BCUT2D eigenvalue weighted by atomic mass is 9.94. The highest BCUT2D eigenvalue weighted by molar-refractivity contribution is 9.10. The second-order valence-electron chi connectivity index (χ2n) is 7.23. The van der Waals surface area contributed by atoms with E-state index in [-0.39, 0.29) is 0 Å². The van der Waals surface area contributed by atoms with Gasteiger partial charge in [0, 0.05) is 15.7 Å². The van der Waals surface area contributed by atoms with E-state index in [4.69, 9.17) is 4.98 Å². The summed E-state index contributed by atoms with van der Waals surface area (Å²) in [7, 11) is 0. The van der Waals surface area contributed by atoms with E-state index in [0.29, 0.717) is 5.56 Å². The van der Waals surface area contributed by atoms with Crippen LogP contribution in [0.25, 0.3) is 11.1 Å². The number of aromatic carboxylic acids is 1. The van der Waals surface area contributed by atoms with Gasteiger partial charge in [-0.15, -0.1) is 0 Å². The number of pyridine rings is 1. The zero-order chi connectivity index (χ0) is 18.5. The number of halogens is 1. The summed E-state index contributed by atoms with van der Waals surface area (Å²) in [6.45, 7) is 2.14. The van der Waals surface area contributed by atoms with Crippen LogP contribution in [-0.4, -0.2) is 16.1 Å². The van der Waals surface area contributed by atoms with Crippen molar-refractivity contribution in [3.63, 3.8) is 0 Å². The molecule has 0 amide bonds. The predicted octanol–water partition coefficient (Wildman–Crippen LogP) is 6.28. The van der Waals surface area contributed by atoms with Crippen molar-refractivity contribution in [2.45, 2.75) is 58.3 Å². The minimum absolute atomic E-state index is 0.362. The molecule has 1 saturated carbocycles. The first kappa shape index (κ1) is 19.1. The first-order valence-electron chi connectivity index (χ1n) is 9.60. The summed E-state index contributed by atoms with van der Waals surface area (Å²) in [6, 6.07) is 9.85. The van der Waals surface area contributed by atoms with Crippen molar-refractivity contribution in [1.29, 1.82) is 0 Å². The van der Waals surface area contributed by atoms with Crippen LogP contribution < -0.4 is 0 Å². The molecule has 1 aliphatic rings. The summed E-state index contributed by atoms with van der Waals surface area (Å²) in [6.07, 6.45) is 8.86. The fourth-order valence-electron chi connectivity index (χ4n) is 3.92. The molecule has 1 aliphatic carbocycles. The second kappa shape index (κ2) is 8.81. The Balaban J connectivity index is 1.97. The third kappa shape index (κ3) is 4.53. The van der Waals surface area contributed by atoms with Crippen LogP contribution in [0, 0.1) is 5.92 Å². The number of carboxylic acid groups (broad SMARTS) is 1. The molecule has 0 unspecified atom stereocenters. The van der Waals surface area contributed by atoms with Gasteiger partial charge in [-0.3, -0.25) is 4.98 Å². The van der Waals surface area contributed by atoms with E-state index in [1.54, 1.807) is 0 Å². The standard InChI is InChI=1S/C22H26BrNO2/c1-2-5-20-18(16-9-11-17(23)12-10-16)14-19(22(25)26)21(24-20)13-8-15-6-3-4-7-15/h9-12,14-15H,2-8,13H2,1H3,(H,25,26). The molecule has 0 radical (unpaired) electrons. The van der Waals surface area contributed by atoms with Gasteiger partial charge in [0.25, 0.3) is 0 Å². The van der Waals surface area contributed by atoms with E-state index in [2.05, 4.69) is 22.9 Å². The summed E-state index contributed by atoms with van der Waals surface area (Å²) < 4.78 is 1.01. The molecule has 1 aromatic heterocycles. The van der Waals surface area contributed by atoms with Crippen LogP contribution in [0.4, 0.5) is 0 Å². The summed E-state index contributed by atoms with van der Waals surface area (Å²) in [5.41, 5.74) is 4.10. The second-order valence-corrected chi connectivity index (χ2v) is 8.14. The quantitative estimate of drug-likeness (QED) is 0.578. The molecule has 0 atom stereocenters. The van der Waals surface area contributed by atoms with E-state index >= 15 is 0 Å². The molecule has 1 N–H and O–H groups in total. The Bertz CT molecular complexity index is 764. The van der Waals surface area contributed by atoms with E-state index in [9.17, 15) is 9.90 Å². The highest BCUT2D eigenvalue weighted by Gasteiger charge is 2.20. The van der Waals surface area contributed by atoms with Gasteiger partial charge in [0.1, 0.15) is 0 Å². The van der Waals surface area contributed by atoms with Crippen molar-refractivity contribution < 1.29 is 9.90 Å². The highest BCUT2D eigenvalue weighted by atomic mass is 79.9. The Morgan fingerprint density at radius 3 is 2.46 bits per heavy atom. The molecule has 4 heteroatoms. The van der Waals surface area contributed by atoms with Crippen LogP contribution in [0.3, 0.4) is 0 Å². The zero-order valence-electron chi connectivity index (χ0n) is 15.3. The van der Waals surface area contributed by atoms with Crippen molar-refractivity contribution >= 4 is 21.9 Å². The zero-order valence-corrected chi connectivity index (χ0v) is 16.9. The van der Waals surface area contributed by atoms with Crippen molar-refractivity contribution in [3.05, 3.63) is 51.8 Å². The van der Waals surface area contributed by atoms with Crippen LogP contribution in [0.1, 0.15) is 67.2 Å². The molecule has 1 fully saturated rings. The van der Waals surface area contributed by atoms with Gasteiger partial charge in [0.15, 0.2) is 0 Å². The number of nitrogens with zero attached hydrogens (tertiary/aromatic N) is 1. The molecule has 0 spiro atoms. The number of carboxylic acids is 1. The number of benzene rings is 1. The third-order valence-corrected chi connectivity index (χ3v) is 5.85. The van der Waals surface area contributed by atoms with Crippen LogP contribution >= 0.6 is 15.9 Å². The maximum atomic E-state index is 11.9. The maximum absolute atomic E-state index is 11.9. The molecule has 1 heterocycles. The Kier molecular flexibility index (Phi) is 6.47. The molecule has 3 nitrogen and oxygen atoms in total. The van der Waals surface area contributed by atoms with Gasteiger partial charge < -0.3 is 5.11 Å². The van der Waals surface area contributed by atoms with Crippen molar-refractivity contribution in [1.82, 2.24) is 4.98 Å². The van der Waals surface area contributed by atoms with Crippen molar-refractivity contribution in [2.24, 2.45) is 5.92 Å². The molecular weight excluding hydrogens is 390 g/mol. The van der Waals surface area contributed by atoms with Gasteiger partial charge in [-0.2, -0.15) is 0 Å². The minimum atomic E-state index is -0.875. The molecule has 0 aliphatic heterocycles. The molecule has 1 aromatic carbocycles. The van der Waals surface area contributed by atoms with E-state index in [0.717, 1.165) is 58.6 Å². The monoisotopic (exact) mass is 415 g/mol. The molecule has 0 saturated heterocycles. The normalized spacial score (nSPS) is 14.7. The minimum Gasteiger partial charge on any atom is -0.478 e. The molecule has 26 heavy (non-hydrogen) atoms. The van der Waals surface area contributed by atoms with Crippen LogP contribution in [-0.2, 0) is 12.8 Å². The lowest BCUT2D eigenvalue weighted by Crippen LogP contribution is -2.10. The third-order valence-electron chi connectivity index (χ3n) is 5.32. The average Bonchev–Trinajstić information content (AvgIpc) is 3.14. The smallest absolute Gasteiger partial charge is 0.337 e. The Morgan fingerprint density at radius 2 is 1.85 bits per heavy atom. The topological polar surface area (TPSA) is 50.2 Å². The number of carbonyl (C=O) groups is 1. The number of hydrogen-bond donors (Lipinski definition) is 1. The lowest BCUT2D eigenvalue weighted by molar-refractivity contribution is 0.0695. The van der Waals surface area contributed by atoms with E-state index in [1.165, 1.54) is 25.7 Å². The maximum Gasteiger partial charge on any atom is 0.337 e. The molecule has 0 bridgehead atoms. The Labute approximate surface area is 164 Å². The van der Waals surface area contributed by atoms with E-state index in [1.807, 2.05) is 30.3 Å². The highest BCUT2D eigenvalue weighted by Crippen LogP contribution is 2.31. The fraction of sp³-hybridized carbons (Fsp3) is 0.455. The number of aryl methyl sites for hydroxylation is 2. The summed E-state index contributed by atoms with van der Waals surface area (Å²) >= 11 is 3.46. The van der Waals surface area contributed by atoms with Crippen molar-refractivity contribution in [2.75, 3.05) is 0 Å². The lowest BCUT2D eigenvalue weighted by Gasteiger charge is -2.15. The van der Waals surface area contributed by atoms with E-state index < -0.39 is 5.97 Å². The fourth-order valence-corrected chi connectivity index (χ4v) is 4.18. The predicted molar refractivity (Wildman–Crippen MR) is 109 cm³/mol. The average molecular weight is 416 g/mol. The van der Waals surface area contributed by atoms with Crippen LogP contribution in [0.2, 0.25) is 0 Å². The molecule has 2 aromatic rings. The molecule has 3 rings (SSSR count). The van der Waals surface area contributed by atoms with Gasteiger partial charge in [0.05, 0.1) is 11.3 Å². The SMILES string of the molecule is CCCc1nc(CCC2CCCC2)c(C(=O)O)cc1-c1ccc(Br)cc1. The van der Waals surface area contributed by atoms with Gasteiger partial charge in [-0.1, -0.05) is 67.1 Å². The van der Waals surface area contributed by atoms with Gasteiger partial charge in [0.2, 0.25) is 0 Å². The summed E-state index contributed by atoms with van der Waals surface area (Å²) in [5.74, 6) is -0.139. The summed E-state index contributed by atoms with van der Waals surface area (Å²) in [5, 5.41) is 9.75. The first-order chi connectivity index (χ1) is 12.6. The molecule has 138 valence electrons.